The first-order valence-electron chi connectivity index (χ1n) is 12.5. The first-order chi connectivity index (χ1) is 18.0. The zero-order chi connectivity index (χ0) is 25.5. The SMILES string of the molecule is CCNCc1cncc(-c2cnc3n[nH]c(C4=Nc5c(cncc5N5C=C(C)N(C)C5)NC4)c3c2)c1C. The summed E-state index contributed by atoms with van der Waals surface area (Å²) in [6, 6.07) is 2.13. The van der Waals surface area contributed by atoms with Gasteiger partial charge in [-0.3, -0.25) is 15.1 Å². The van der Waals surface area contributed by atoms with Crippen LogP contribution in [0.3, 0.4) is 0 Å². The molecule has 0 unspecified atom stereocenters. The molecule has 0 aromatic carbocycles. The second-order valence-electron chi connectivity index (χ2n) is 9.49. The molecule has 6 rings (SSSR count). The summed E-state index contributed by atoms with van der Waals surface area (Å²) in [4.78, 5) is 23.1. The van der Waals surface area contributed by atoms with Gasteiger partial charge in [-0.1, -0.05) is 6.92 Å². The molecule has 0 atom stereocenters. The van der Waals surface area contributed by atoms with Gasteiger partial charge in [-0.05, 0) is 37.6 Å². The van der Waals surface area contributed by atoms with Crippen molar-refractivity contribution in [2.24, 2.45) is 4.99 Å². The van der Waals surface area contributed by atoms with E-state index in [1.807, 2.05) is 31.0 Å². The Morgan fingerprint density at radius 3 is 2.76 bits per heavy atom. The van der Waals surface area contributed by atoms with Crippen molar-refractivity contribution in [2.75, 3.05) is 37.0 Å². The van der Waals surface area contributed by atoms with E-state index in [0.717, 1.165) is 64.7 Å². The molecule has 3 N–H and O–H groups in total. The number of rotatable bonds is 6. The van der Waals surface area contributed by atoms with Gasteiger partial charge in [0.1, 0.15) is 5.69 Å². The highest BCUT2D eigenvalue weighted by Crippen LogP contribution is 2.40. The van der Waals surface area contributed by atoms with Crippen LogP contribution in [0.5, 0.6) is 0 Å². The second-order valence-corrected chi connectivity index (χ2v) is 9.49. The highest BCUT2D eigenvalue weighted by atomic mass is 15.4. The van der Waals surface area contributed by atoms with Gasteiger partial charge < -0.3 is 20.4 Å². The molecule has 37 heavy (non-hydrogen) atoms. The van der Waals surface area contributed by atoms with Gasteiger partial charge in [-0.25, -0.2) is 9.98 Å². The molecule has 6 heterocycles. The second kappa shape index (κ2) is 9.29. The van der Waals surface area contributed by atoms with Crippen LogP contribution in [0.25, 0.3) is 22.2 Å². The zero-order valence-electron chi connectivity index (χ0n) is 21.5. The normalized spacial score (nSPS) is 15.0. The van der Waals surface area contributed by atoms with Crippen molar-refractivity contribution >= 4 is 33.8 Å². The Bertz CT molecular complexity index is 1550. The largest absolute Gasteiger partial charge is 0.376 e. The smallest absolute Gasteiger partial charge is 0.181 e. The summed E-state index contributed by atoms with van der Waals surface area (Å²) in [5.41, 5.74) is 10.8. The molecule has 0 amide bonds. The highest BCUT2D eigenvalue weighted by Gasteiger charge is 2.24. The Kier molecular flexibility index (Phi) is 5.80. The van der Waals surface area contributed by atoms with Crippen molar-refractivity contribution in [3.8, 4) is 11.1 Å². The number of hydrogen-bond donors (Lipinski definition) is 3. The van der Waals surface area contributed by atoms with Crippen molar-refractivity contribution in [2.45, 2.75) is 27.3 Å². The average molecular weight is 495 g/mol. The lowest BCUT2D eigenvalue weighted by molar-refractivity contribution is 0.460. The fourth-order valence-corrected chi connectivity index (χ4v) is 4.81. The van der Waals surface area contributed by atoms with Crippen LogP contribution in [-0.2, 0) is 6.54 Å². The predicted octanol–water partition coefficient (Wildman–Crippen LogP) is 3.95. The molecule has 0 spiro atoms. The Morgan fingerprint density at radius 1 is 1.08 bits per heavy atom. The number of anilines is 2. The molecule has 0 fully saturated rings. The highest BCUT2D eigenvalue weighted by molar-refractivity contribution is 6.14. The third-order valence-electron chi connectivity index (χ3n) is 7.10. The number of fused-ring (bicyclic) bond motifs is 2. The minimum atomic E-state index is 0.563. The maximum absolute atomic E-state index is 5.11. The Morgan fingerprint density at radius 2 is 1.95 bits per heavy atom. The Labute approximate surface area is 215 Å². The lowest BCUT2D eigenvalue weighted by atomic mass is 9.99. The molecule has 0 bridgehead atoms. The lowest BCUT2D eigenvalue weighted by Crippen LogP contribution is -2.24. The summed E-state index contributed by atoms with van der Waals surface area (Å²) in [5.74, 6) is 0. The lowest BCUT2D eigenvalue weighted by Gasteiger charge is -2.24. The van der Waals surface area contributed by atoms with Gasteiger partial charge in [0, 0.05) is 60.6 Å². The van der Waals surface area contributed by atoms with Gasteiger partial charge >= 0.3 is 0 Å². The van der Waals surface area contributed by atoms with Crippen LogP contribution in [0, 0.1) is 6.92 Å². The summed E-state index contributed by atoms with van der Waals surface area (Å²) >= 11 is 0. The number of nitrogens with one attached hydrogen (secondary N) is 3. The van der Waals surface area contributed by atoms with Crippen LogP contribution in [0.15, 0.2) is 53.9 Å². The molecule has 4 aromatic rings. The van der Waals surface area contributed by atoms with Crippen LogP contribution in [0.1, 0.15) is 30.7 Å². The number of hydrogen-bond acceptors (Lipinski definition) is 9. The predicted molar refractivity (Wildman–Crippen MR) is 147 cm³/mol. The first kappa shape index (κ1) is 23.1. The van der Waals surface area contributed by atoms with Gasteiger partial charge in [-0.15, -0.1) is 0 Å². The van der Waals surface area contributed by atoms with E-state index in [9.17, 15) is 0 Å². The van der Waals surface area contributed by atoms with E-state index in [-0.39, 0.29) is 0 Å². The van der Waals surface area contributed by atoms with Gasteiger partial charge in [0.25, 0.3) is 0 Å². The molecule has 2 aliphatic heterocycles. The summed E-state index contributed by atoms with van der Waals surface area (Å²) in [6.45, 7) is 9.37. The minimum Gasteiger partial charge on any atom is -0.376 e. The topological polar surface area (TPSA) is 110 Å². The number of nitrogens with zero attached hydrogens (tertiary/aromatic N) is 7. The van der Waals surface area contributed by atoms with Crippen LogP contribution in [0.2, 0.25) is 0 Å². The van der Waals surface area contributed by atoms with E-state index in [1.165, 1.54) is 16.8 Å². The van der Waals surface area contributed by atoms with Crippen LogP contribution in [0.4, 0.5) is 17.1 Å². The first-order valence-corrected chi connectivity index (χ1v) is 12.5. The molecule has 10 heteroatoms. The van der Waals surface area contributed by atoms with E-state index >= 15 is 0 Å². The summed E-state index contributed by atoms with van der Waals surface area (Å²) in [6.07, 6.45) is 11.5. The molecule has 0 radical (unpaired) electrons. The monoisotopic (exact) mass is 494 g/mol. The standard InChI is InChI=1S/C27H30N10/c1-5-28-7-19-8-29-10-21(17(19)3)18-6-20-25(34-35-27(20)32-9-18)23-12-31-22-11-30-13-24(26(22)33-23)37-14-16(2)36(4)15-37/h6,8-11,13-14,28,31H,5,7,12,15H2,1-4H3,(H,32,34,35). The van der Waals surface area contributed by atoms with Gasteiger partial charge in [-0.2, -0.15) is 5.10 Å². The van der Waals surface area contributed by atoms with E-state index < -0.39 is 0 Å². The number of pyridine rings is 3. The number of aliphatic imine (C=N–C) groups is 1. The summed E-state index contributed by atoms with van der Waals surface area (Å²) in [7, 11) is 2.08. The van der Waals surface area contributed by atoms with Gasteiger partial charge in [0.2, 0.25) is 0 Å². The molecule has 188 valence electrons. The molecule has 4 aromatic heterocycles. The number of allylic oxidation sites excluding steroid dienone is 1. The van der Waals surface area contributed by atoms with Crippen molar-refractivity contribution in [1.82, 2.24) is 35.4 Å². The maximum Gasteiger partial charge on any atom is 0.181 e. The van der Waals surface area contributed by atoms with Gasteiger partial charge in [0.15, 0.2) is 5.65 Å². The van der Waals surface area contributed by atoms with E-state index in [4.69, 9.17) is 4.99 Å². The maximum atomic E-state index is 5.11. The Balaban J connectivity index is 1.41. The molecular formula is C27H30N10. The summed E-state index contributed by atoms with van der Waals surface area (Å²) in [5, 5.41) is 15.5. The van der Waals surface area contributed by atoms with E-state index in [0.29, 0.717) is 12.2 Å². The fraction of sp³-hybridized carbons (Fsp3) is 0.296. The average Bonchev–Trinajstić information content (AvgIpc) is 3.49. The molecule has 0 saturated heterocycles. The molecule has 2 aliphatic rings. The van der Waals surface area contributed by atoms with Gasteiger partial charge in [0.05, 0.1) is 48.4 Å². The van der Waals surface area contributed by atoms with Crippen molar-refractivity contribution in [3.05, 3.63) is 65.8 Å². The van der Waals surface area contributed by atoms with Crippen molar-refractivity contribution < 1.29 is 0 Å². The number of aromatic nitrogens is 5. The van der Waals surface area contributed by atoms with E-state index in [1.54, 1.807) is 0 Å². The molecule has 10 nitrogen and oxygen atoms in total. The van der Waals surface area contributed by atoms with Crippen LogP contribution in [-0.4, -0.2) is 62.6 Å². The Hall–Kier alpha value is -4.31. The molecular weight excluding hydrogens is 464 g/mol. The van der Waals surface area contributed by atoms with Crippen LogP contribution >= 0.6 is 0 Å². The van der Waals surface area contributed by atoms with E-state index in [2.05, 4.69) is 85.7 Å². The number of aromatic amines is 1. The zero-order valence-corrected chi connectivity index (χ0v) is 21.5. The van der Waals surface area contributed by atoms with Crippen molar-refractivity contribution in [1.29, 1.82) is 0 Å². The quantitative estimate of drug-likeness (QED) is 0.370. The third kappa shape index (κ3) is 4.09. The fourth-order valence-electron chi connectivity index (χ4n) is 4.81. The number of H-pyrrole nitrogens is 1. The minimum absolute atomic E-state index is 0.563. The van der Waals surface area contributed by atoms with Crippen LogP contribution < -0.4 is 15.5 Å². The molecule has 0 saturated carbocycles. The third-order valence-corrected chi connectivity index (χ3v) is 7.10. The summed E-state index contributed by atoms with van der Waals surface area (Å²) < 4.78 is 0. The van der Waals surface area contributed by atoms with Crippen molar-refractivity contribution in [3.63, 3.8) is 0 Å². The molecule has 0 aliphatic carbocycles.